The van der Waals surface area contributed by atoms with Gasteiger partial charge in [0, 0.05) is 12.1 Å². The lowest BCUT2D eigenvalue weighted by Gasteiger charge is -2.11. The minimum absolute atomic E-state index is 0.0800. The zero-order valence-electron chi connectivity index (χ0n) is 15.1. The molecule has 2 amide bonds. The lowest BCUT2D eigenvalue weighted by atomic mass is 10.1. The SMILES string of the molecule is O=C(NCc1ccccc1)C(=Cc1ccc(F)cc1)NC(=O)c1ccccc1. The van der Waals surface area contributed by atoms with Gasteiger partial charge in [0.25, 0.3) is 11.8 Å². The summed E-state index contributed by atoms with van der Waals surface area (Å²) in [5.41, 5.74) is 2.05. The van der Waals surface area contributed by atoms with E-state index in [1.165, 1.54) is 30.3 Å². The molecule has 0 aliphatic heterocycles. The Morgan fingerprint density at radius 1 is 0.821 bits per heavy atom. The molecule has 0 fully saturated rings. The zero-order chi connectivity index (χ0) is 19.8. The van der Waals surface area contributed by atoms with Gasteiger partial charge in [-0.2, -0.15) is 0 Å². The van der Waals surface area contributed by atoms with Crippen molar-refractivity contribution in [1.82, 2.24) is 10.6 Å². The van der Waals surface area contributed by atoms with Gasteiger partial charge in [-0.05, 0) is 41.5 Å². The lowest BCUT2D eigenvalue weighted by Crippen LogP contribution is -2.34. The summed E-state index contributed by atoms with van der Waals surface area (Å²) in [6, 6.07) is 23.7. The summed E-state index contributed by atoms with van der Waals surface area (Å²) in [4.78, 5) is 25.2. The summed E-state index contributed by atoms with van der Waals surface area (Å²) in [6.45, 7) is 0.321. The van der Waals surface area contributed by atoms with Crippen LogP contribution >= 0.6 is 0 Å². The molecule has 3 aromatic rings. The number of nitrogens with one attached hydrogen (secondary N) is 2. The van der Waals surface area contributed by atoms with Crippen molar-refractivity contribution in [2.45, 2.75) is 6.54 Å². The van der Waals surface area contributed by atoms with Crippen molar-refractivity contribution in [2.24, 2.45) is 0 Å². The highest BCUT2D eigenvalue weighted by Gasteiger charge is 2.14. The Morgan fingerprint density at radius 2 is 1.43 bits per heavy atom. The maximum atomic E-state index is 13.2. The number of carbonyl (C=O) groups is 2. The first-order chi connectivity index (χ1) is 13.6. The van der Waals surface area contributed by atoms with E-state index in [1.807, 2.05) is 30.3 Å². The van der Waals surface area contributed by atoms with E-state index < -0.39 is 11.8 Å². The maximum absolute atomic E-state index is 13.2. The number of halogens is 1. The van der Waals surface area contributed by atoms with Crippen LogP contribution in [0.15, 0.2) is 90.6 Å². The molecule has 3 rings (SSSR count). The van der Waals surface area contributed by atoms with Crippen LogP contribution in [-0.2, 0) is 11.3 Å². The Labute approximate surface area is 162 Å². The van der Waals surface area contributed by atoms with Gasteiger partial charge in [0.05, 0.1) is 0 Å². The van der Waals surface area contributed by atoms with E-state index in [9.17, 15) is 14.0 Å². The molecule has 0 bridgehead atoms. The van der Waals surface area contributed by atoms with Crippen molar-refractivity contribution in [1.29, 1.82) is 0 Å². The number of amides is 2. The Balaban J connectivity index is 1.80. The third-order valence-electron chi connectivity index (χ3n) is 4.01. The molecule has 0 radical (unpaired) electrons. The second kappa shape index (κ2) is 9.28. The van der Waals surface area contributed by atoms with Gasteiger partial charge in [-0.1, -0.05) is 60.7 Å². The van der Waals surface area contributed by atoms with Gasteiger partial charge in [0.1, 0.15) is 11.5 Å². The highest BCUT2D eigenvalue weighted by Crippen LogP contribution is 2.09. The fraction of sp³-hybridized carbons (Fsp3) is 0.0435. The van der Waals surface area contributed by atoms with Gasteiger partial charge in [-0.25, -0.2) is 4.39 Å². The fourth-order valence-electron chi connectivity index (χ4n) is 2.54. The van der Waals surface area contributed by atoms with Crippen molar-refractivity contribution in [3.63, 3.8) is 0 Å². The second-order valence-electron chi connectivity index (χ2n) is 6.10. The number of hydrogen-bond donors (Lipinski definition) is 2. The van der Waals surface area contributed by atoms with E-state index in [2.05, 4.69) is 10.6 Å². The van der Waals surface area contributed by atoms with Crippen LogP contribution < -0.4 is 10.6 Å². The van der Waals surface area contributed by atoms with Crippen LogP contribution in [0.2, 0.25) is 0 Å². The van der Waals surface area contributed by atoms with Crippen molar-refractivity contribution in [3.05, 3.63) is 113 Å². The smallest absolute Gasteiger partial charge is 0.268 e. The van der Waals surface area contributed by atoms with Gasteiger partial charge < -0.3 is 10.6 Å². The molecule has 0 unspecified atom stereocenters. The predicted octanol–water partition coefficient (Wildman–Crippen LogP) is 3.91. The molecule has 0 saturated heterocycles. The summed E-state index contributed by atoms with van der Waals surface area (Å²) < 4.78 is 13.2. The zero-order valence-corrected chi connectivity index (χ0v) is 15.1. The summed E-state index contributed by atoms with van der Waals surface area (Å²) >= 11 is 0. The molecule has 0 saturated carbocycles. The molecule has 0 heterocycles. The molecule has 0 aliphatic rings. The fourth-order valence-corrected chi connectivity index (χ4v) is 2.54. The number of carbonyl (C=O) groups excluding carboxylic acids is 2. The lowest BCUT2D eigenvalue weighted by molar-refractivity contribution is -0.117. The van der Waals surface area contributed by atoms with Crippen LogP contribution in [0.3, 0.4) is 0 Å². The van der Waals surface area contributed by atoms with E-state index in [-0.39, 0.29) is 11.5 Å². The van der Waals surface area contributed by atoms with E-state index in [0.717, 1.165) is 5.56 Å². The Hall–Kier alpha value is -3.73. The van der Waals surface area contributed by atoms with Crippen LogP contribution in [0.5, 0.6) is 0 Å². The number of rotatable bonds is 6. The maximum Gasteiger partial charge on any atom is 0.268 e. The minimum Gasteiger partial charge on any atom is -0.347 e. The van der Waals surface area contributed by atoms with Gasteiger partial charge in [0.2, 0.25) is 0 Å². The molecular weight excluding hydrogens is 355 g/mol. The normalized spacial score (nSPS) is 11.0. The molecule has 2 N–H and O–H groups in total. The van der Waals surface area contributed by atoms with Crippen molar-refractivity contribution < 1.29 is 14.0 Å². The standard InChI is InChI=1S/C23H19FN2O2/c24-20-13-11-17(12-14-20)15-21(26-22(27)19-9-5-2-6-10-19)23(28)25-16-18-7-3-1-4-8-18/h1-15H,16H2,(H,25,28)(H,26,27). The minimum atomic E-state index is -0.433. The van der Waals surface area contributed by atoms with Gasteiger partial charge >= 0.3 is 0 Å². The van der Waals surface area contributed by atoms with Gasteiger partial charge in [-0.3, -0.25) is 9.59 Å². The molecule has 5 heteroatoms. The first-order valence-corrected chi connectivity index (χ1v) is 8.77. The van der Waals surface area contributed by atoms with Crippen molar-refractivity contribution >= 4 is 17.9 Å². The largest absolute Gasteiger partial charge is 0.347 e. The average molecular weight is 374 g/mol. The molecule has 0 atom stereocenters. The Kier molecular flexibility index (Phi) is 6.31. The van der Waals surface area contributed by atoms with Crippen molar-refractivity contribution in [3.8, 4) is 0 Å². The average Bonchev–Trinajstić information content (AvgIpc) is 2.74. The summed E-state index contributed by atoms with van der Waals surface area (Å²) in [5.74, 6) is -1.21. The molecule has 0 spiro atoms. The second-order valence-corrected chi connectivity index (χ2v) is 6.10. The van der Waals surface area contributed by atoms with Crippen LogP contribution in [0.25, 0.3) is 6.08 Å². The molecule has 0 aromatic heterocycles. The molecule has 140 valence electrons. The van der Waals surface area contributed by atoms with Crippen LogP contribution in [0.4, 0.5) is 4.39 Å². The number of benzene rings is 3. The quantitative estimate of drug-likeness (QED) is 0.643. The highest BCUT2D eigenvalue weighted by atomic mass is 19.1. The number of hydrogen-bond acceptors (Lipinski definition) is 2. The highest BCUT2D eigenvalue weighted by molar-refractivity contribution is 6.05. The first-order valence-electron chi connectivity index (χ1n) is 8.77. The summed E-state index contributed by atoms with van der Waals surface area (Å²) in [5, 5.41) is 5.44. The van der Waals surface area contributed by atoms with Gasteiger partial charge in [-0.15, -0.1) is 0 Å². The molecule has 4 nitrogen and oxygen atoms in total. The van der Waals surface area contributed by atoms with Crippen LogP contribution in [0, 0.1) is 5.82 Å². The molecule has 28 heavy (non-hydrogen) atoms. The first kappa shape index (κ1) is 19.0. The van der Waals surface area contributed by atoms with Crippen LogP contribution in [-0.4, -0.2) is 11.8 Å². The van der Waals surface area contributed by atoms with E-state index >= 15 is 0 Å². The topological polar surface area (TPSA) is 58.2 Å². The predicted molar refractivity (Wildman–Crippen MR) is 107 cm³/mol. The van der Waals surface area contributed by atoms with Crippen molar-refractivity contribution in [2.75, 3.05) is 0 Å². The van der Waals surface area contributed by atoms with Crippen LogP contribution in [0.1, 0.15) is 21.5 Å². The molecule has 3 aromatic carbocycles. The molecule has 0 aliphatic carbocycles. The molecular formula is C23H19FN2O2. The monoisotopic (exact) mass is 374 g/mol. The summed E-state index contributed by atoms with van der Waals surface area (Å²) in [6.07, 6.45) is 1.51. The Bertz CT molecular complexity index is 969. The Morgan fingerprint density at radius 3 is 2.07 bits per heavy atom. The third-order valence-corrected chi connectivity index (χ3v) is 4.01. The van der Waals surface area contributed by atoms with E-state index in [4.69, 9.17) is 0 Å². The third kappa shape index (κ3) is 5.38. The van der Waals surface area contributed by atoms with Gasteiger partial charge in [0.15, 0.2) is 0 Å². The van der Waals surface area contributed by atoms with E-state index in [1.54, 1.807) is 30.3 Å². The van der Waals surface area contributed by atoms with E-state index in [0.29, 0.717) is 17.7 Å². The summed E-state index contributed by atoms with van der Waals surface area (Å²) in [7, 11) is 0.